The average Bonchev–Trinajstić information content (AvgIpc) is 2.74. The molecule has 2 aromatic rings. The van der Waals surface area contributed by atoms with Gasteiger partial charge in [0.05, 0.1) is 15.6 Å². The van der Waals surface area contributed by atoms with Gasteiger partial charge in [0.15, 0.2) is 5.82 Å². The molecule has 0 fully saturated rings. The standard InChI is InChI=1S/C13H16ClN3S/c1-13(2,3)10-6-11(15-4)17-12(16-10)9-5-8(14)7-18-9/h5-7H,1-4H3,(H,15,16,17). The van der Waals surface area contributed by atoms with Gasteiger partial charge in [-0.15, -0.1) is 11.3 Å². The second kappa shape index (κ2) is 4.86. The highest BCUT2D eigenvalue weighted by atomic mass is 35.5. The third kappa shape index (κ3) is 2.82. The molecule has 0 aliphatic carbocycles. The predicted octanol–water partition coefficient (Wildman–Crippen LogP) is 4.20. The van der Waals surface area contributed by atoms with Crippen molar-refractivity contribution in [1.29, 1.82) is 0 Å². The molecule has 0 atom stereocenters. The van der Waals surface area contributed by atoms with E-state index in [4.69, 9.17) is 11.6 Å². The summed E-state index contributed by atoms with van der Waals surface area (Å²) in [5, 5.41) is 5.70. The summed E-state index contributed by atoms with van der Waals surface area (Å²) in [5.74, 6) is 1.55. The maximum absolute atomic E-state index is 5.95. The van der Waals surface area contributed by atoms with Crippen LogP contribution in [0.15, 0.2) is 17.5 Å². The first-order valence-corrected chi connectivity index (χ1v) is 6.97. The Hall–Kier alpha value is -1.13. The number of rotatable bonds is 2. The number of anilines is 1. The van der Waals surface area contributed by atoms with Gasteiger partial charge in [0, 0.05) is 23.9 Å². The number of halogens is 1. The van der Waals surface area contributed by atoms with Crippen molar-refractivity contribution in [3.63, 3.8) is 0 Å². The Bertz CT molecular complexity index is 558. The molecule has 0 radical (unpaired) electrons. The lowest BCUT2D eigenvalue weighted by atomic mass is 9.92. The van der Waals surface area contributed by atoms with Crippen molar-refractivity contribution in [2.75, 3.05) is 12.4 Å². The summed E-state index contributed by atoms with van der Waals surface area (Å²) in [6, 6.07) is 3.88. The highest BCUT2D eigenvalue weighted by molar-refractivity contribution is 7.14. The number of nitrogens with one attached hydrogen (secondary N) is 1. The van der Waals surface area contributed by atoms with Crippen LogP contribution in [-0.2, 0) is 5.41 Å². The summed E-state index contributed by atoms with van der Waals surface area (Å²) < 4.78 is 0. The minimum atomic E-state index is -0.00958. The Kier molecular flexibility index (Phi) is 3.59. The Labute approximate surface area is 116 Å². The van der Waals surface area contributed by atoms with Crippen molar-refractivity contribution >= 4 is 28.8 Å². The summed E-state index contributed by atoms with van der Waals surface area (Å²) in [4.78, 5) is 10.1. The number of thiophene rings is 1. The van der Waals surface area contributed by atoms with Crippen LogP contribution in [0.25, 0.3) is 10.7 Å². The molecule has 0 spiro atoms. The molecule has 0 aliphatic rings. The van der Waals surface area contributed by atoms with Gasteiger partial charge < -0.3 is 5.32 Å². The molecule has 0 amide bonds. The van der Waals surface area contributed by atoms with Crippen molar-refractivity contribution in [3.05, 3.63) is 28.2 Å². The van der Waals surface area contributed by atoms with E-state index in [9.17, 15) is 0 Å². The minimum absolute atomic E-state index is 0.00958. The van der Waals surface area contributed by atoms with Crippen molar-refractivity contribution in [2.24, 2.45) is 0 Å². The first-order valence-electron chi connectivity index (χ1n) is 5.72. The van der Waals surface area contributed by atoms with Crippen molar-refractivity contribution in [1.82, 2.24) is 9.97 Å². The monoisotopic (exact) mass is 281 g/mol. The second-order valence-electron chi connectivity index (χ2n) is 5.09. The van der Waals surface area contributed by atoms with Crippen molar-refractivity contribution in [3.8, 4) is 10.7 Å². The normalized spacial score (nSPS) is 11.6. The number of aromatic nitrogens is 2. The van der Waals surface area contributed by atoms with Gasteiger partial charge in [-0.2, -0.15) is 0 Å². The van der Waals surface area contributed by atoms with Crippen LogP contribution in [0.3, 0.4) is 0 Å². The Morgan fingerprint density at radius 1 is 1.22 bits per heavy atom. The number of hydrogen-bond acceptors (Lipinski definition) is 4. The van der Waals surface area contributed by atoms with Gasteiger partial charge in [-0.25, -0.2) is 9.97 Å². The van der Waals surface area contributed by atoms with Crippen LogP contribution in [-0.4, -0.2) is 17.0 Å². The molecule has 0 unspecified atom stereocenters. The molecule has 3 nitrogen and oxygen atoms in total. The van der Waals surface area contributed by atoms with E-state index in [1.807, 2.05) is 24.6 Å². The maximum atomic E-state index is 5.95. The molecule has 96 valence electrons. The van der Waals surface area contributed by atoms with Gasteiger partial charge >= 0.3 is 0 Å². The van der Waals surface area contributed by atoms with Gasteiger partial charge in [0.25, 0.3) is 0 Å². The van der Waals surface area contributed by atoms with Crippen LogP contribution >= 0.6 is 22.9 Å². The van der Waals surface area contributed by atoms with E-state index in [-0.39, 0.29) is 5.41 Å². The number of hydrogen-bond donors (Lipinski definition) is 1. The van der Waals surface area contributed by atoms with E-state index in [1.165, 1.54) is 0 Å². The molecule has 0 aromatic carbocycles. The Balaban J connectivity index is 2.54. The largest absolute Gasteiger partial charge is 0.373 e. The molecule has 1 N–H and O–H groups in total. The molecule has 18 heavy (non-hydrogen) atoms. The van der Waals surface area contributed by atoms with Crippen molar-refractivity contribution in [2.45, 2.75) is 26.2 Å². The summed E-state index contributed by atoms with van der Waals surface area (Å²) >= 11 is 7.51. The summed E-state index contributed by atoms with van der Waals surface area (Å²) in [6.07, 6.45) is 0. The molecule has 0 bridgehead atoms. The fraction of sp³-hybridized carbons (Fsp3) is 0.385. The lowest BCUT2D eigenvalue weighted by Crippen LogP contribution is -2.15. The third-order valence-electron chi connectivity index (χ3n) is 2.54. The van der Waals surface area contributed by atoms with E-state index in [0.29, 0.717) is 0 Å². The van der Waals surface area contributed by atoms with Gasteiger partial charge in [0.1, 0.15) is 5.82 Å². The smallest absolute Gasteiger partial charge is 0.171 e. The average molecular weight is 282 g/mol. The van der Waals surface area contributed by atoms with Crippen LogP contribution in [0.2, 0.25) is 5.02 Å². The molecule has 2 aromatic heterocycles. The van der Waals surface area contributed by atoms with E-state index in [0.717, 1.165) is 27.2 Å². The van der Waals surface area contributed by atoms with Crippen molar-refractivity contribution < 1.29 is 0 Å². The van der Waals surface area contributed by atoms with Gasteiger partial charge in [-0.3, -0.25) is 0 Å². The van der Waals surface area contributed by atoms with E-state index >= 15 is 0 Å². The maximum Gasteiger partial charge on any atom is 0.171 e. The quantitative estimate of drug-likeness (QED) is 0.896. The van der Waals surface area contributed by atoms with Crippen LogP contribution in [0.4, 0.5) is 5.82 Å². The molecular weight excluding hydrogens is 266 g/mol. The SMILES string of the molecule is CNc1cc(C(C)(C)C)nc(-c2cc(Cl)cs2)n1. The van der Waals surface area contributed by atoms with Gasteiger partial charge in [-0.1, -0.05) is 32.4 Å². The zero-order chi connectivity index (χ0) is 13.3. The molecule has 0 saturated carbocycles. The second-order valence-corrected chi connectivity index (χ2v) is 6.44. The van der Waals surface area contributed by atoms with Crippen LogP contribution in [0.5, 0.6) is 0 Å². The van der Waals surface area contributed by atoms with Gasteiger partial charge in [-0.05, 0) is 6.07 Å². The topological polar surface area (TPSA) is 37.8 Å². The first-order chi connectivity index (χ1) is 8.40. The zero-order valence-electron chi connectivity index (χ0n) is 10.9. The molecule has 2 rings (SSSR count). The zero-order valence-corrected chi connectivity index (χ0v) is 12.5. The molecule has 2 heterocycles. The number of nitrogens with zero attached hydrogens (tertiary/aromatic N) is 2. The minimum Gasteiger partial charge on any atom is -0.373 e. The van der Waals surface area contributed by atoms with Crippen LogP contribution in [0.1, 0.15) is 26.5 Å². The van der Waals surface area contributed by atoms with Crippen LogP contribution < -0.4 is 5.32 Å². The first kappa shape index (κ1) is 13.3. The summed E-state index contributed by atoms with van der Waals surface area (Å²) in [6.45, 7) is 6.42. The third-order valence-corrected chi connectivity index (χ3v) is 3.81. The predicted molar refractivity (Wildman–Crippen MR) is 78.6 cm³/mol. The molecule has 0 saturated heterocycles. The Morgan fingerprint density at radius 2 is 1.94 bits per heavy atom. The highest BCUT2D eigenvalue weighted by Gasteiger charge is 2.18. The highest BCUT2D eigenvalue weighted by Crippen LogP contribution is 2.30. The Morgan fingerprint density at radius 3 is 2.44 bits per heavy atom. The van der Waals surface area contributed by atoms with E-state index in [2.05, 4.69) is 36.1 Å². The summed E-state index contributed by atoms with van der Waals surface area (Å²) in [7, 11) is 1.86. The lowest BCUT2D eigenvalue weighted by Gasteiger charge is -2.19. The lowest BCUT2D eigenvalue weighted by molar-refractivity contribution is 0.568. The van der Waals surface area contributed by atoms with E-state index < -0.39 is 0 Å². The summed E-state index contributed by atoms with van der Waals surface area (Å²) in [5.41, 5.74) is 1.01. The van der Waals surface area contributed by atoms with Gasteiger partial charge in [0.2, 0.25) is 0 Å². The molecule has 0 aliphatic heterocycles. The fourth-order valence-corrected chi connectivity index (χ4v) is 2.51. The molecule has 5 heteroatoms. The van der Waals surface area contributed by atoms with E-state index in [1.54, 1.807) is 11.3 Å². The fourth-order valence-electron chi connectivity index (χ4n) is 1.50. The molecular formula is C13H16ClN3S. The van der Waals surface area contributed by atoms with Crippen LogP contribution in [0, 0.1) is 0 Å².